The molecule has 31 heteroatoms. The fourth-order valence-electron chi connectivity index (χ4n) is 12.1. The lowest BCUT2D eigenvalue weighted by molar-refractivity contribution is -0.145. The molecule has 1 N–H and O–H groups in total. The van der Waals surface area contributed by atoms with Gasteiger partial charge in [0.05, 0.1) is 95.5 Å². The van der Waals surface area contributed by atoms with Gasteiger partial charge in [0.1, 0.15) is 24.3 Å². The summed E-state index contributed by atoms with van der Waals surface area (Å²) in [6.07, 6.45) is -24.9. The van der Waals surface area contributed by atoms with Crippen molar-refractivity contribution in [1.82, 2.24) is 18.8 Å². The average molecular weight is 1460 g/mol. The lowest BCUT2D eigenvalue weighted by atomic mass is 9.75. The minimum absolute atomic E-state index is 0.0168. The molecule has 0 unspecified atom stereocenters. The number of nitrogens with one attached hydrogen (secondary N) is 1. The van der Waals surface area contributed by atoms with E-state index in [-0.39, 0.29) is 87.8 Å². The number of hydrogen-bond donors (Lipinski definition) is 1. The molecule has 3 aliphatic heterocycles. The summed E-state index contributed by atoms with van der Waals surface area (Å²) in [5.41, 5.74) is -11.1. The SMILES string of the molecule is C[C@@H](OC[C@@]1(c2ccccc2)CC[C@](C#N)(N2CCCS2(=O)=O)CN1C(=O)OCc1ccccc1)c1cc(C(F)(F)F)cc(C(F)(F)F)c1.C[C@@H](OC[C@@]1(c2ccccc2)CC[C@](C#N)(NS(=O)(=O)CCCCl)CN1C(=O)OCc1ccccc1)c1cc(C(F)(F)F)cc(C(F)(F)F)c1. The van der Waals surface area contributed by atoms with E-state index in [0.717, 1.165) is 9.21 Å². The fraction of sp³-hybridized carbons (Fsp3) is 0.412. The Kier molecular flexibility index (Phi) is 23.9. The molecule has 2 amide bonds. The van der Waals surface area contributed by atoms with Crippen LogP contribution in [0.4, 0.5) is 62.3 Å². The van der Waals surface area contributed by atoms with Gasteiger partial charge in [0.2, 0.25) is 20.0 Å². The van der Waals surface area contributed by atoms with Crippen molar-refractivity contribution in [2.45, 2.75) is 125 Å². The van der Waals surface area contributed by atoms with Crippen molar-refractivity contribution >= 4 is 43.8 Å². The molecular weight excluding hydrogens is 1390 g/mol. The van der Waals surface area contributed by atoms with E-state index in [1.54, 1.807) is 121 Å². The predicted octanol–water partition coefficient (Wildman–Crippen LogP) is 15.4. The average Bonchev–Trinajstić information content (AvgIpc) is 1.65. The van der Waals surface area contributed by atoms with Gasteiger partial charge in [0.15, 0.2) is 0 Å². The Morgan fingerprint density at radius 3 is 1.31 bits per heavy atom. The lowest BCUT2D eigenvalue weighted by Gasteiger charge is -2.53. The van der Waals surface area contributed by atoms with Gasteiger partial charge in [0.25, 0.3) is 0 Å². The van der Waals surface area contributed by atoms with Crippen LogP contribution in [-0.4, -0.2) is 104 Å². The molecule has 3 saturated heterocycles. The minimum Gasteiger partial charge on any atom is -0.445 e. The van der Waals surface area contributed by atoms with Gasteiger partial charge in [-0.3, -0.25) is 9.80 Å². The Bertz CT molecular complexity index is 4040. The number of carbonyl (C=O) groups is 2. The normalized spacial score (nSPS) is 22.0. The molecule has 6 aromatic carbocycles. The number of rotatable bonds is 20. The number of ether oxygens (including phenoxy) is 4. The molecule has 3 heterocycles. The molecule has 3 aliphatic rings. The topological polar surface area (TPSA) is 209 Å². The molecule has 0 spiro atoms. The highest BCUT2D eigenvalue weighted by Crippen LogP contribution is 2.48. The van der Waals surface area contributed by atoms with Crippen LogP contribution in [0.2, 0.25) is 0 Å². The van der Waals surface area contributed by atoms with Crippen LogP contribution in [0.1, 0.15) is 120 Å². The summed E-state index contributed by atoms with van der Waals surface area (Å²) in [5, 5.41) is 20.8. The first-order chi connectivity index (χ1) is 46.4. The monoisotopic (exact) mass is 1450 g/mol. The van der Waals surface area contributed by atoms with Gasteiger partial charge >= 0.3 is 36.9 Å². The van der Waals surface area contributed by atoms with Crippen molar-refractivity contribution in [3.8, 4) is 12.1 Å². The Hall–Kier alpha value is -7.97. The van der Waals surface area contributed by atoms with Crippen molar-refractivity contribution in [3.05, 3.63) is 213 Å². The van der Waals surface area contributed by atoms with Gasteiger partial charge in [0, 0.05) is 12.4 Å². The zero-order chi connectivity index (χ0) is 72.5. The first kappa shape index (κ1) is 76.8. The number of nitrogens with zero attached hydrogens (tertiary/aromatic N) is 5. The second-order valence-electron chi connectivity index (χ2n) is 24.2. The van der Waals surface area contributed by atoms with Crippen LogP contribution in [0.15, 0.2) is 158 Å². The number of sulfonamides is 2. The number of carbonyl (C=O) groups excluding carboxylic acids is 2. The Labute approximate surface area is 569 Å². The van der Waals surface area contributed by atoms with Crippen LogP contribution in [0.5, 0.6) is 0 Å². The quantitative estimate of drug-likeness (QED) is 0.0559. The number of piperidine rings is 2. The third kappa shape index (κ3) is 18.5. The Morgan fingerprint density at radius 1 is 0.576 bits per heavy atom. The zero-order valence-electron chi connectivity index (χ0n) is 53.0. The van der Waals surface area contributed by atoms with Crippen molar-refractivity contribution in [3.63, 3.8) is 0 Å². The summed E-state index contributed by atoms with van der Waals surface area (Å²) in [5.74, 6) is -0.517. The minimum atomic E-state index is -5.08. The fourth-order valence-corrected chi connectivity index (χ4v) is 15.7. The molecule has 0 aliphatic carbocycles. The van der Waals surface area contributed by atoms with Crippen LogP contribution >= 0.6 is 11.6 Å². The smallest absolute Gasteiger partial charge is 0.416 e. The van der Waals surface area contributed by atoms with E-state index in [1.807, 2.05) is 6.07 Å². The molecule has 3 fully saturated rings. The molecule has 9 rings (SSSR count). The first-order valence-corrected chi connectivity index (χ1v) is 34.5. The van der Waals surface area contributed by atoms with E-state index in [1.165, 1.54) is 18.7 Å². The molecule has 0 radical (unpaired) electrons. The third-order valence-electron chi connectivity index (χ3n) is 17.5. The van der Waals surface area contributed by atoms with Crippen molar-refractivity contribution < 1.29 is 98.1 Å². The number of amides is 2. The molecule has 0 saturated carbocycles. The first-order valence-electron chi connectivity index (χ1n) is 30.7. The van der Waals surface area contributed by atoms with E-state index >= 15 is 0 Å². The van der Waals surface area contributed by atoms with Gasteiger partial charge in [-0.2, -0.15) is 72.2 Å². The maximum Gasteiger partial charge on any atom is 0.416 e. The number of hydrogen-bond acceptors (Lipinski definition) is 12. The van der Waals surface area contributed by atoms with Gasteiger partial charge in [-0.05, 0) is 122 Å². The van der Waals surface area contributed by atoms with Crippen molar-refractivity contribution in [2.24, 2.45) is 0 Å². The zero-order valence-corrected chi connectivity index (χ0v) is 55.4. The molecular formula is C68H67ClF12N6O10S2. The lowest BCUT2D eigenvalue weighted by Crippen LogP contribution is -2.66. The number of benzene rings is 6. The molecule has 99 heavy (non-hydrogen) atoms. The van der Waals surface area contributed by atoms with Gasteiger partial charge in [-0.1, -0.05) is 121 Å². The van der Waals surface area contributed by atoms with E-state index in [4.69, 9.17) is 30.5 Å². The number of halogens is 13. The summed E-state index contributed by atoms with van der Waals surface area (Å²) >= 11 is 5.69. The summed E-state index contributed by atoms with van der Waals surface area (Å²) < 4.78 is 243. The van der Waals surface area contributed by atoms with Gasteiger partial charge in [-0.25, -0.2) is 26.4 Å². The van der Waals surface area contributed by atoms with Crippen molar-refractivity contribution in [2.75, 3.05) is 50.2 Å². The van der Waals surface area contributed by atoms with Crippen molar-refractivity contribution in [1.29, 1.82) is 10.5 Å². The molecule has 532 valence electrons. The maximum atomic E-state index is 14.1. The van der Waals surface area contributed by atoms with Crippen LogP contribution in [0, 0.1) is 22.7 Å². The summed E-state index contributed by atoms with van der Waals surface area (Å²) in [4.78, 5) is 30.5. The summed E-state index contributed by atoms with van der Waals surface area (Å²) in [7, 11) is -7.91. The van der Waals surface area contributed by atoms with Gasteiger partial charge < -0.3 is 18.9 Å². The molecule has 0 bridgehead atoms. The molecule has 6 aromatic rings. The third-order valence-corrected chi connectivity index (χ3v) is 21.3. The second kappa shape index (κ2) is 30.9. The highest BCUT2D eigenvalue weighted by molar-refractivity contribution is 7.89. The molecule has 0 aromatic heterocycles. The molecule has 16 nitrogen and oxygen atoms in total. The predicted molar refractivity (Wildman–Crippen MR) is 337 cm³/mol. The second-order valence-corrected chi connectivity index (χ2v) is 28.4. The molecule has 6 atom stereocenters. The standard InChI is InChI=1S/C34H34ClF6N3O5S.C34H33F6N3O5S/c1-24(26-17-28(33(36,37)38)19-29(18-26)34(39,40)41)49-23-32(27-11-6-3-7-12-27)14-13-31(21-42,43-50(46,47)16-8-15-35)22-44(32)30(45)48-20-25-9-4-2-5-10-25;1-24(26-17-28(33(35,36)37)19-29(18-26)34(38,39)40)48-23-32(27-11-6-3-7-12-27)14-13-31(21-41,43-15-8-16-49(43,45)46)22-42(32)30(44)47-20-25-9-4-2-5-10-25/h2-7,9-12,17-19,24,43H,8,13-16,20,22-23H2,1H3;2-7,9-12,17-19,24H,8,13-16,20,22-23H2,1H3/t2*24-,31-,32-/m11/s1. The Morgan fingerprint density at radius 2 is 0.960 bits per heavy atom. The number of likely N-dealkylation sites (tertiary alicyclic amines) is 2. The van der Waals surface area contributed by atoms with Crippen LogP contribution < -0.4 is 4.72 Å². The largest absolute Gasteiger partial charge is 0.445 e. The van der Waals surface area contributed by atoms with Crippen LogP contribution in [-0.2, 0) is 88.0 Å². The van der Waals surface area contributed by atoms with E-state index in [2.05, 4.69) is 10.8 Å². The summed E-state index contributed by atoms with van der Waals surface area (Å²) in [6, 6.07) is 40.5. The van der Waals surface area contributed by atoms with E-state index in [0.29, 0.717) is 46.5 Å². The summed E-state index contributed by atoms with van der Waals surface area (Å²) in [6.45, 7) is 0.364. The number of nitriles is 2. The van der Waals surface area contributed by atoms with Gasteiger partial charge in [-0.15, -0.1) is 11.6 Å². The highest BCUT2D eigenvalue weighted by Gasteiger charge is 2.58. The van der Waals surface area contributed by atoms with Crippen LogP contribution in [0.3, 0.4) is 0 Å². The number of alkyl halides is 13. The maximum absolute atomic E-state index is 14.1. The van der Waals surface area contributed by atoms with Crippen LogP contribution in [0.25, 0.3) is 0 Å². The van der Waals surface area contributed by atoms with E-state index < -0.39 is 151 Å². The highest BCUT2D eigenvalue weighted by atomic mass is 35.5. The van der Waals surface area contributed by atoms with E-state index in [9.17, 15) is 89.6 Å². The Balaban J connectivity index is 0.000000252.